The van der Waals surface area contributed by atoms with E-state index in [1.807, 2.05) is 0 Å². The van der Waals surface area contributed by atoms with Gasteiger partial charge in [0.2, 0.25) is 11.8 Å². The summed E-state index contributed by atoms with van der Waals surface area (Å²) < 4.78 is 4.88. The Labute approximate surface area is 108 Å². The number of nitrogens with two attached hydrogens (primary N) is 1. The lowest BCUT2D eigenvalue weighted by Crippen LogP contribution is -2.61. The third-order valence-electron chi connectivity index (χ3n) is 3.31. The van der Waals surface area contributed by atoms with Gasteiger partial charge in [0.15, 0.2) is 0 Å². The second-order valence-electron chi connectivity index (χ2n) is 4.84. The standard InChI is InChI=1S/C12H23N3O3/c1-9(2)14-5-6-15(10(8-14)12(13)17)11(16)4-7-18-3/h9-10H,4-8H2,1-3H3,(H2,13,17)/t10-/m1/s1. The van der Waals surface area contributed by atoms with Crippen molar-refractivity contribution >= 4 is 11.8 Å². The number of carbonyl (C=O) groups is 2. The van der Waals surface area contributed by atoms with Gasteiger partial charge in [0.25, 0.3) is 0 Å². The zero-order valence-electron chi connectivity index (χ0n) is 11.4. The molecule has 2 amide bonds. The molecule has 0 spiro atoms. The van der Waals surface area contributed by atoms with Crippen LogP contribution in [0.5, 0.6) is 0 Å². The topological polar surface area (TPSA) is 75.9 Å². The molecule has 0 saturated carbocycles. The fraction of sp³-hybridized carbons (Fsp3) is 0.833. The Balaban J connectivity index is 2.67. The number of methoxy groups -OCH3 is 1. The minimum atomic E-state index is -0.523. The number of ether oxygens (including phenoxy) is 1. The molecule has 1 saturated heterocycles. The fourth-order valence-corrected chi connectivity index (χ4v) is 2.15. The van der Waals surface area contributed by atoms with E-state index in [1.54, 1.807) is 12.0 Å². The van der Waals surface area contributed by atoms with Gasteiger partial charge in [-0.25, -0.2) is 0 Å². The van der Waals surface area contributed by atoms with Gasteiger partial charge in [-0.05, 0) is 13.8 Å². The third-order valence-corrected chi connectivity index (χ3v) is 3.31. The maximum Gasteiger partial charge on any atom is 0.241 e. The molecule has 1 heterocycles. The van der Waals surface area contributed by atoms with E-state index in [0.717, 1.165) is 6.54 Å². The number of hydrogen-bond donors (Lipinski definition) is 1. The molecule has 1 rings (SSSR count). The normalized spacial score (nSPS) is 21.3. The van der Waals surface area contributed by atoms with Gasteiger partial charge < -0.3 is 15.4 Å². The number of carbonyl (C=O) groups excluding carboxylic acids is 2. The highest BCUT2D eigenvalue weighted by atomic mass is 16.5. The number of piperazine rings is 1. The number of nitrogens with zero attached hydrogens (tertiary/aromatic N) is 2. The summed E-state index contributed by atoms with van der Waals surface area (Å²) in [6.45, 7) is 6.36. The smallest absolute Gasteiger partial charge is 0.241 e. The predicted octanol–water partition coefficient (Wildman–Crippen LogP) is -0.571. The van der Waals surface area contributed by atoms with Crippen LogP contribution in [0.4, 0.5) is 0 Å². The van der Waals surface area contributed by atoms with Crippen molar-refractivity contribution in [3.05, 3.63) is 0 Å². The minimum Gasteiger partial charge on any atom is -0.384 e. The Morgan fingerprint density at radius 3 is 2.56 bits per heavy atom. The van der Waals surface area contributed by atoms with E-state index >= 15 is 0 Å². The highest BCUT2D eigenvalue weighted by Crippen LogP contribution is 2.13. The average Bonchev–Trinajstić information content (AvgIpc) is 2.34. The molecule has 2 N–H and O–H groups in total. The van der Waals surface area contributed by atoms with E-state index in [-0.39, 0.29) is 5.91 Å². The van der Waals surface area contributed by atoms with Crippen molar-refractivity contribution in [1.29, 1.82) is 0 Å². The molecule has 6 heteroatoms. The van der Waals surface area contributed by atoms with Crippen LogP contribution < -0.4 is 5.73 Å². The quantitative estimate of drug-likeness (QED) is 0.715. The van der Waals surface area contributed by atoms with Gasteiger partial charge in [-0.3, -0.25) is 14.5 Å². The van der Waals surface area contributed by atoms with E-state index in [9.17, 15) is 9.59 Å². The summed E-state index contributed by atoms with van der Waals surface area (Å²) in [5.74, 6) is -0.504. The monoisotopic (exact) mass is 257 g/mol. The van der Waals surface area contributed by atoms with Crippen LogP contribution in [0.1, 0.15) is 20.3 Å². The summed E-state index contributed by atoms with van der Waals surface area (Å²) in [6.07, 6.45) is 0.294. The first-order valence-corrected chi connectivity index (χ1v) is 6.29. The van der Waals surface area contributed by atoms with Gasteiger partial charge in [-0.15, -0.1) is 0 Å². The van der Waals surface area contributed by atoms with E-state index < -0.39 is 11.9 Å². The molecule has 0 unspecified atom stereocenters. The third kappa shape index (κ3) is 3.68. The van der Waals surface area contributed by atoms with Crippen LogP contribution in [-0.2, 0) is 14.3 Å². The van der Waals surface area contributed by atoms with E-state index in [0.29, 0.717) is 32.2 Å². The molecule has 0 bridgehead atoms. The SMILES string of the molecule is COCCC(=O)N1CCN(C(C)C)C[C@@H]1C(N)=O. The maximum atomic E-state index is 12.0. The zero-order chi connectivity index (χ0) is 13.7. The molecule has 0 aromatic heterocycles. The largest absolute Gasteiger partial charge is 0.384 e. The molecular weight excluding hydrogens is 234 g/mol. The van der Waals surface area contributed by atoms with Gasteiger partial charge in [0.05, 0.1) is 13.0 Å². The second-order valence-corrected chi connectivity index (χ2v) is 4.84. The summed E-state index contributed by atoms with van der Waals surface area (Å²) in [4.78, 5) is 27.2. The van der Waals surface area contributed by atoms with Gasteiger partial charge in [-0.1, -0.05) is 0 Å². The first-order valence-electron chi connectivity index (χ1n) is 6.29. The van der Waals surface area contributed by atoms with Gasteiger partial charge >= 0.3 is 0 Å². The molecule has 0 aromatic carbocycles. The van der Waals surface area contributed by atoms with Gasteiger partial charge in [0, 0.05) is 32.8 Å². The van der Waals surface area contributed by atoms with Crippen LogP contribution in [0, 0.1) is 0 Å². The number of hydrogen-bond acceptors (Lipinski definition) is 4. The van der Waals surface area contributed by atoms with Crippen LogP contribution >= 0.6 is 0 Å². The number of amides is 2. The van der Waals surface area contributed by atoms with Gasteiger partial charge in [-0.2, -0.15) is 0 Å². The summed E-state index contributed by atoms with van der Waals surface area (Å²) in [5, 5.41) is 0. The van der Waals surface area contributed by atoms with Crippen LogP contribution in [0.2, 0.25) is 0 Å². The zero-order valence-corrected chi connectivity index (χ0v) is 11.4. The summed E-state index contributed by atoms with van der Waals surface area (Å²) in [6, 6.07) is -0.173. The second kappa shape index (κ2) is 6.70. The average molecular weight is 257 g/mol. The summed E-state index contributed by atoms with van der Waals surface area (Å²) in [7, 11) is 1.55. The van der Waals surface area contributed by atoms with E-state index in [1.165, 1.54) is 0 Å². The van der Waals surface area contributed by atoms with Crippen molar-refractivity contribution in [2.24, 2.45) is 5.73 Å². The molecule has 0 radical (unpaired) electrons. The lowest BCUT2D eigenvalue weighted by Gasteiger charge is -2.41. The summed E-state index contributed by atoms with van der Waals surface area (Å²) >= 11 is 0. The first kappa shape index (κ1) is 14.9. The van der Waals surface area contributed by atoms with Crippen molar-refractivity contribution < 1.29 is 14.3 Å². The van der Waals surface area contributed by atoms with Crippen molar-refractivity contribution in [3.63, 3.8) is 0 Å². The Morgan fingerprint density at radius 1 is 1.39 bits per heavy atom. The van der Waals surface area contributed by atoms with Gasteiger partial charge in [0.1, 0.15) is 6.04 Å². The molecule has 1 aliphatic heterocycles. The molecule has 104 valence electrons. The van der Waals surface area contributed by atoms with Crippen LogP contribution in [0.25, 0.3) is 0 Å². The molecular formula is C12H23N3O3. The Bertz CT molecular complexity index is 307. The van der Waals surface area contributed by atoms with Crippen molar-refractivity contribution in [2.75, 3.05) is 33.4 Å². The maximum absolute atomic E-state index is 12.0. The molecule has 0 aromatic rings. The predicted molar refractivity (Wildman–Crippen MR) is 67.9 cm³/mol. The van der Waals surface area contributed by atoms with Crippen molar-refractivity contribution in [2.45, 2.75) is 32.4 Å². The van der Waals surface area contributed by atoms with E-state index in [4.69, 9.17) is 10.5 Å². The molecule has 18 heavy (non-hydrogen) atoms. The van der Waals surface area contributed by atoms with Crippen LogP contribution in [-0.4, -0.2) is 67.0 Å². The summed E-state index contributed by atoms with van der Waals surface area (Å²) in [5.41, 5.74) is 5.40. The minimum absolute atomic E-state index is 0.0657. The molecule has 1 atom stereocenters. The number of rotatable bonds is 5. The molecule has 1 fully saturated rings. The Morgan fingerprint density at radius 2 is 2.06 bits per heavy atom. The highest BCUT2D eigenvalue weighted by Gasteiger charge is 2.34. The number of primary amides is 1. The van der Waals surface area contributed by atoms with Crippen LogP contribution in [0.15, 0.2) is 0 Å². The molecule has 0 aliphatic carbocycles. The Kier molecular flexibility index (Phi) is 5.55. The van der Waals surface area contributed by atoms with Crippen LogP contribution in [0.3, 0.4) is 0 Å². The van der Waals surface area contributed by atoms with Crippen molar-refractivity contribution in [1.82, 2.24) is 9.80 Å². The highest BCUT2D eigenvalue weighted by molar-refractivity contribution is 5.87. The van der Waals surface area contributed by atoms with E-state index in [2.05, 4.69) is 18.7 Å². The lowest BCUT2D eigenvalue weighted by molar-refractivity contribution is -0.143. The lowest BCUT2D eigenvalue weighted by atomic mass is 10.1. The molecule has 1 aliphatic rings. The first-order chi connectivity index (χ1) is 8.47. The molecule has 6 nitrogen and oxygen atoms in total. The van der Waals surface area contributed by atoms with Crippen molar-refractivity contribution in [3.8, 4) is 0 Å². The Hall–Kier alpha value is -1.14. The fourth-order valence-electron chi connectivity index (χ4n) is 2.15.